The van der Waals surface area contributed by atoms with E-state index in [9.17, 15) is 18.0 Å². The average Bonchev–Trinajstić information content (AvgIpc) is 2.97. The van der Waals surface area contributed by atoms with Crippen LogP contribution in [0.25, 0.3) is 0 Å². The fourth-order valence-corrected chi connectivity index (χ4v) is 2.20. The highest BCUT2D eigenvalue weighted by atomic mass is 79.9. The zero-order valence-corrected chi connectivity index (χ0v) is 10.6. The van der Waals surface area contributed by atoms with Gasteiger partial charge >= 0.3 is 12.1 Å². The first-order chi connectivity index (χ1) is 8.25. The Balaban J connectivity index is 2.22. The van der Waals surface area contributed by atoms with Crippen LogP contribution in [0.3, 0.4) is 0 Å². The van der Waals surface area contributed by atoms with Gasteiger partial charge in [0, 0.05) is 10.2 Å². The number of halogens is 4. The third kappa shape index (κ3) is 2.31. The summed E-state index contributed by atoms with van der Waals surface area (Å²) in [6.07, 6.45) is -4.23. The monoisotopic (exact) mass is 323 g/mol. The van der Waals surface area contributed by atoms with Gasteiger partial charge in [-0.05, 0) is 47.0 Å². The first-order valence-electron chi connectivity index (χ1n) is 5.13. The van der Waals surface area contributed by atoms with Crippen LogP contribution in [0.2, 0.25) is 0 Å². The standard InChI is InChI=1S/C11H9BrF3NO2/c12-8-5-6(1-2-7(8)9(17)18)16-10(3-4-10)11(13,14)15/h1-2,5,16H,3-4H2,(H,17,18). The van der Waals surface area contributed by atoms with Gasteiger partial charge in [0.15, 0.2) is 0 Å². The summed E-state index contributed by atoms with van der Waals surface area (Å²) in [5.74, 6) is -1.13. The van der Waals surface area contributed by atoms with Crippen molar-refractivity contribution in [1.29, 1.82) is 0 Å². The Hall–Kier alpha value is -1.24. The quantitative estimate of drug-likeness (QED) is 0.892. The molecule has 1 aromatic carbocycles. The minimum atomic E-state index is -4.30. The van der Waals surface area contributed by atoms with Crippen molar-refractivity contribution in [2.24, 2.45) is 0 Å². The number of alkyl halides is 3. The van der Waals surface area contributed by atoms with E-state index < -0.39 is 17.7 Å². The highest BCUT2D eigenvalue weighted by molar-refractivity contribution is 9.10. The highest BCUT2D eigenvalue weighted by Gasteiger charge is 2.63. The molecule has 0 atom stereocenters. The van der Waals surface area contributed by atoms with Crippen LogP contribution in [0.4, 0.5) is 18.9 Å². The fraction of sp³-hybridized carbons (Fsp3) is 0.364. The number of benzene rings is 1. The molecule has 2 N–H and O–H groups in total. The first-order valence-corrected chi connectivity index (χ1v) is 5.92. The largest absolute Gasteiger partial charge is 0.478 e. The summed E-state index contributed by atoms with van der Waals surface area (Å²) < 4.78 is 38.4. The zero-order valence-electron chi connectivity index (χ0n) is 9.01. The summed E-state index contributed by atoms with van der Waals surface area (Å²) >= 11 is 3.02. The molecule has 1 aliphatic carbocycles. The lowest BCUT2D eigenvalue weighted by atomic mass is 10.2. The molecule has 0 saturated heterocycles. The van der Waals surface area contributed by atoms with Crippen LogP contribution in [-0.4, -0.2) is 22.8 Å². The SMILES string of the molecule is O=C(O)c1ccc(NC2(C(F)(F)F)CC2)cc1Br. The van der Waals surface area contributed by atoms with Crippen LogP contribution in [0.1, 0.15) is 23.2 Å². The van der Waals surface area contributed by atoms with E-state index in [0.29, 0.717) is 0 Å². The van der Waals surface area contributed by atoms with E-state index in [4.69, 9.17) is 5.11 Å². The van der Waals surface area contributed by atoms with Crippen LogP contribution in [0.15, 0.2) is 22.7 Å². The first kappa shape index (κ1) is 13.2. The van der Waals surface area contributed by atoms with Crippen LogP contribution in [0.5, 0.6) is 0 Å². The van der Waals surface area contributed by atoms with Crippen LogP contribution in [-0.2, 0) is 0 Å². The number of carboxylic acids is 1. The lowest BCUT2D eigenvalue weighted by molar-refractivity contribution is -0.151. The third-order valence-corrected chi connectivity index (χ3v) is 3.53. The Morgan fingerprint density at radius 1 is 1.39 bits per heavy atom. The molecule has 3 nitrogen and oxygen atoms in total. The second-order valence-corrected chi connectivity index (χ2v) is 5.06. The van der Waals surface area contributed by atoms with Crippen LogP contribution < -0.4 is 5.32 Å². The van der Waals surface area contributed by atoms with Crippen LogP contribution in [0, 0.1) is 0 Å². The van der Waals surface area contributed by atoms with E-state index >= 15 is 0 Å². The molecule has 1 aromatic rings. The molecular weight excluding hydrogens is 315 g/mol. The predicted molar refractivity (Wildman–Crippen MR) is 62.7 cm³/mol. The zero-order chi connectivity index (χ0) is 13.6. The highest BCUT2D eigenvalue weighted by Crippen LogP contribution is 2.51. The smallest absolute Gasteiger partial charge is 0.411 e. The van der Waals surface area contributed by atoms with Gasteiger partial charge in [0.2, 0.25) is 0 Å². The van der Waals surface area contributed by atoms with E-state index in [1.807, 2.05) is 0 Å². The van der Waals surface area contributed by atoms with Crippen molar-refractivity contribution in [3.8, 4) is 0 Å². The van der Waals surface area contributed by atoms with Crippen molar-refractivity contribution >= 4 is 27.6 Å². The van der Waals surface area contributed by atoms with E-state index in [0.717, 1.165) is 0 Å². The maximum Gasteiger partial charge on any atom is 0.411 e. The molecule has 7 heteroatoms. The Labute approximate surface area is 109 Å². The van der Waals surface area contributed by atoms with Crippen molar-refractivity contribution in [1.82, 2.24) is 0 Å². The lowest BCUT2D eigenvalue weighted by Gasteiger charge is -2.22. The van der Waals surface area contributed by atoms with E-state index in [2.05, 4.69) is 21.2 Å². The molecule has 1 aliphatic rings. The fourth-order valence-electron chi connectivity index (χ4n) is 1.65. The van der Waals surface area contributed by atoms with Gasteiger partial charge in [-0.3, -0.25) is 0 Å². The summed E-state index contributed by atoms with van der Waals surface area (Å²) in [6.45, 7) is 0. The van der Waals surface area contributed by atoms with Crippen molar-refractivity contribution in [3.05, 3.63) is 28.2 Å². The number of carboxylic acid groups (broad SMARTS) is 1. The van der Waals surface area contributed by atoms with E-state index in [-0.39, 0.29) is 28.6 Å². The van der Waals surface area contributed by atoms with Gasteiger partial charge in [-0.2, -0.15) is 13.2 Å². The number of aromatic carboxylic acids is 1. The molecule has 2 rings (SSSR count). The normalized spacial score (nSPS) is 17.3. The maximum absolute atomic E-state index is 12.7. The molecule has 0 aromatic heterocycles. The summed E-state index contributed by atoms with van der Waals surface area (Å²) in [4.78, 5) is 10.8. The second-order valence-electron chi connectivity index (χ2n) is 4.20. The Morgan fingerprint density at radius 3 is 2.39 bits per heavy atom. The van der Waals surface area contributed by atoms with Gasteiger partial charge < -0.3 is 10.4 Å². The molecular formula is C11H9BrF3NO2. The number of rotatable bonds is 3. The van der Waals surface area contributed by atoms with Crippen molar-refractivity contribution < 1.29 is 23.1 Å². The molecule has 0 heterocycles. The molecule has 0 aliphatic heterocycles. The molecule has 18 heavy (non-hydrogen) atoms. The number of hydrogen-bond acceptors (Lipinski definition) is 2. The van der Waals surface area contributed by atoms with Crippen molar-refractivity contribution in [2.45, 2.75) is 24.6 Å². The lowest BCUT2D eigenvalue weighted by Crippen LogP contribution is -2.38. The summed E-state index contributed by atoms with van der Waals surface area (Å²) in [6, 6.07) is 3.94. The summed E-state index contributed by atoms with van der Waals surface area (Å²) in [5.41, 5.74) is -1.59. The molecule has 0 bridgehead atoms. The number of nitrogens with one attached hydrogen (secondary N) is 1. The minimum Gasteiger partial charge on any atom is -0.478 e. The molecule has 0 unspecified atom stereocenters. The molecule has 0 spiro atoms. The summed E-state index contributed by atoms with van der Waals surface area (Å²) in [7, 11) is 0. The average molecular weight is 324 g/mol. The van der Waals surface area contributed by atoms with Crippen molar-refractivity contribution in [2.75, 3.05) is 5.32 Å². The van der Waals surface area contributed by atoms with Gasteiger partial charge in [0.1, 0.15) is 5.54 Å². The number of anilines is 1. The molecule has 98 valence electrons. The Kier molecular flexibility index (Phi) is 3.04. The topological polar surface area (TPSA) is 49.3 Å². The molecule has 0 amide bonds. The van der Waals surface area contributed by atoms with E-state index in [1.165, 1.54) is 18.2 Å². The van der Waals surface area contributed by atoms with E-state index in [1.54, 1.807) is 0 Å². The second kappa shape index (κ2) is 4.15. The van der Waals surface area contributed by atoms with Gasteiger partial charge in [0.05, 0.1) is 5.56 Å². The number of carbonyl (C=O) groups is 1. The maximum atomic E-state index is 12.7. The van der Waals surface area contributed by atoms with Crippen molar-refractivity contribution in [3.63, 3.8) is 0 Å². The van der Waals surface area contributed by atoms with Gasteiger partial charge in [-0.1, -0.05) is 0 Å². The van der Waals surface area contributed by atoms with Gasteiger partial charge in [0.25, 0.3) is 0 Å². The molecule has 1 saturated carbocycles. The summed E-state index contributed by atoms with van der Waals surface area (Å²) in [5, 5.41) is 11.2. The van der Waals surface area contributed by atoms with Gasteiger partial charge in [-0.25, -0.2) is 4.79 Å². The molecule has 1 fully saturated rings. The third-order valence-electron chi connectivity index (χ3n) is 2.88. The predicted octanol–water partition coefficient (Wildman–Crippen LogP) is 3.65. The number of hydrogen-bond donors (Lipinski definition) is 2. The molecule has 0 radical (unpaired) electrons. The Morgan fingerprint density at radius 2 is 2.00 bits per heavy atom. The minimum absolute atomic E-state index is 0.0115. The van der Waals surface area contributed by atoms with Crippen LogP contribution >= 0.6 is 15.9 Å². The Bertz CT molecular complexity index is 498. The van der Waals surface area contributed by atoms with Gasteiger partial charge in [-0.15, -0.1) is 0 Å².